The van der Waals surface area contributed by atoms with Crippen LogP contribution in [-0.4, -0.2) is 24.8 Å². The van der Waals surface area contributed by atoms with E-state index in [1.807, 2.05) is 0 Å². The van der Waals surface area contributed by atoms with Crippen LogP contribution in [0, 0.1) is 0 Å². The number of ether oxygens (including phenoxy) is 3. The van der Waals surface area contributed by atoms with Crippen molar-refractivity contribution in [2.45, 2.75) is 0 Å². The summed E-state index contributed by atoms with van der Waals surface area (Å²) in [5.74, 6) is 1.14. The molecule has 21 heavy (non-hydrogen) atoms. The summed E-state index contributed by atoms with van der Waals surface area (Å²) in [7, 11) is 1.47. The summed E-state index contributed by atoms with van der Waals surface area (Å²) in [6.07, 6.45) is 2.98. The molecule has 1 aromatic carbocycles. The lowest BCUT2D eigenvalue weighted by atomic mass is 10.2. The van der Waals surface area contributed by atoms with Crippen LogP contribution in [0.5, 0.6) is 17.2 Å². The van der Waals surface area contributed by atoms with E-state index in [2.05, 4.69) is 10.3 Å². The van der Waals surface area contributed by atoms with Gasteiger partial charge in [0.2, 0.25) is 6.79 Å². The van der Waals surface area contributed by atoms with E-state index in [1.54, 1.807) is 18.2 Å². The van der Waals surface area contributed by atoms with Gasteiger partial charge in [0.25, 0.3) is 5.91 Å². The topological polar surface area (TPSA) is 95.7 Å². The Bertz CT molecular complexity index is 703. The van der Waals surface area contributed by atoms with Crippen LogP contribution in [0.4, 0.5) is 11.4 Å². The van der Waals surface area contributed by atoms with Crippen LogP contribution in [0.15, 0.2) is 30.6 Å². The standard InChI is InChI=1S/C14H13N3O4/c1-19-13-6-16-3-2-8(13)14(18)17-10-5-12-11(4-9(10)15)20-7-21-12/h2-6H,7,15H2,1H3,(H,17,18). The van der Waals surface area contributed by atoms with Gasteiger partial charge in [-0.2, -0.15) is 0 Å². The van der Waals surface area contributed by atoms with E-state index in [1.165, 1.54) is 19.5 Å². The van der Waals surface area contributed by atoms with Crippen molar-refractivity contribution in [3.8, 4) is 17.2 Å². The lowest BCUT2D eigenvalue weighted by molar-refractivity contribution is 0.102. The Kier molecular flexibility index (Phi) is 3.23. The Labute approximate surface area is 120 Å². The molecule has 1 aromatic heterocycles. The fraction of sp³-hybridized carbons (Fsp3) is 0.143. The van der Waals surface area contributed by atoms with E-state index in [4.69, 9.17) is 19.9 Å². The van der Waals surface area contributed by atoms with Crippen molar-refractivity contribution in [3.63, 3.8) is 0 Å². The van der Waals surface area contributed by atoms with E-state index in [-0.39, 0.29) is 12.7 Å². The van der Waals surface area contributed by atoms with Crippen molar-refractivity contribution in [2.24, 2.45) is 0 Å². The number of hydrogen-bond acceptors (Lipinski definition) is 6. The number of hydrogen-bond donors (Lipinski definition) is 2. The lowest BCUT2D eigenvalue weighted by Gasteiger charge is -2.11. The minimum atomic E-state index is -0.347. The number of nitrogens with two attached hydrogens (primary N) is 1. The molecule has 3 N–H and O–H groups in total. The van der Waals surface area contributed by atoms with Crippen molar-refractivity contribution >= 4 is 17.3 Å². The highest BCUT2D eigenvalue weighted by Gasteiger charge is 2.19. The first kappa shape index (κ1) is 13.0. The van der Waals surface area contributed by atoms with Crippen LogP contribution < -0.4 is 25.3 Å². The number of carbonyl (C=O) groups is 1. The number of nitrogen functional groups attached to an aromatic ring is 1. The first-order valence-corrected chi connectivity index (χ1v) is 6.17. The number of amides is 1. The van der Waals surface area contributed by atoms with Crippen molar-refractivity contribution in [1.82, 2.24) is 4.98 Å². The Balaban J connectivity index is 1.88. The third kappa shape index (κ3) is 2.40. The van der Waals surface area contributed by atoms with Crippen molar-refractivity contribution in [3.05, 3.63) is 36.2 Å². The number of nitrogens with zero attached hydrogens (tertiary/aromatic N) is 1. The van der Waals surface area contributed by atoms with E-state index in [0.717, 1.165) is 0 Å². The molecule has 0 aliphatic carbocycles. The Morgan fingerprint density at radius 2 is 2.14 bits per heavy atom. The SMILES string of the molecule is COc1cnccc1C(=O)Nc1cc2c(cc1N)OCO2. The predicted octanol–water partition coefficient (Wildman–Crippen LogP) is 1.65. The summed E-state index contributed by atoms with van der Waals surface area (Å²) in [4.78, 5) is 16.2. The second-order valence-corrected chi connectivity index (χ2v) is 4.32. The largest absolute Gasteiger partial charge is 0.494 e. The first-order chi connectivity index (χ1) is 10.2. The summed E-state index contributed by atoms with van der Waals surface area (Å²) < 4.78 is 15.6. The zero-order valence-corrected chi connectivity index (χ0v) is 11.3. The first-order valence-electron chi connectivity index (χ1n) is 6.17. The van der Waals surface area contributed by atoms with Gasteiger partial charge in [0, 0.05) is 18.3 Å². The molecule has 2 aromatic rings. The molecular weight excluding hydrogens is 274 g/mol. The second-order valence-electron chi connectivity index (χ2n) is 4.32. The zero-order valence-electron chi connectivity index (χ0n) is 11.3. The minimum Gasteiger partial charge on any atom is -0.494 e. The highest BCUT2D eigenvalue weighted by atomic mass is 16.7. The average molecular weight is 287 g/mol. The van der Waals surface area contributed by atoms with E-state index < -0.39 is 0 Å². The third-order valence-corrected chi connectivity index (χ3v) is 3.04. The van der Waals surface area contributed by atoms with Crippen LogP contribution in [-0.2, 0) is 0 Å². The number of nitrogens with one attached hydrogen (secondary N) is 1. The molecule has 7 heteroatoms. The highest BCUT2D eigenvalue weighted by Crippen LogP contribution is 2.38. The van der Waals surface area contributed by atoms with Gasteiger partial charge < -0.3 is 25.3 Å². The molecule has 0 saturated carbocycles. The molecule has 108 valence electrons. The monoisotopic (exact) mass is 287 g/mol. The summed E-state index contributed by atoms with van der Waals surface area (Å²) in [5, 5.41) is 2.72. The van der Waals surface area contributed by atoms with E-state index in [0.29, 0.717) is 34.2 Å². The van der Waals surface area contributed by atoms with Gasteiger partial charge in [0.1, 0.15) is 5.75 Å². The minimum absolute atomic E-state index is 0.143. The van der Waals surface area contributed by atoms with Gasteiger partial charge in [-0.05, 0) is 6.07 Å². The van der Waals surface area contributed by atoms with Gasteiger partial charge in [-0.3, -0.25) is 9.78 Å². The maximum atomic E-state index is 12.3. The molecular formula is C14H13N3O4. The molecule has 1 aliphatic heterocycles. The number of benzene rings is 1. The number of aromatic nitrogens is 1. The molecule has 0 radical (unpaired) electrons. The average Bonchev–Trinajstić information content (AvgIpc) is 2.94. The van der Waals surface area contributed by atoms with Gasteiger partial charge >= 0.3 is 0 Å². The molecule has 0 bridgehead atoms. The van der Waals surface area contributed by atoms with Gasteiger partial charge in [-0.25, -0.2) is 0 Å². The number of pyridine rings is 1. The maximum Gasteiger partial charge on any atom is 0.259 e. The highest BCUT2D eigenvalue weighted by molar-refractivity contribution is 6.07. The smallest absolute Gasteiger partial charge is 0.259 e. The quantitative estimate of drug-likeness (QED) is 0.833. The van der Waals surface area contributed by atoms with Crippen LogP contribution >= 0.6 is 0 Å². The number of fused-ring (bicyclic) bond motifs is 1. The van der Waals surface area contributed by atoms with Crippen LogP contribution in [0.25, 0.3) is 0 Å². The molecule has 0 unspecified atom stereocenters. The Hall–Kier alpha value is -2.96. The maximum absolute atomic E-state index is 12.3. The van der Waals surface area contributed by atoms with Gasteiger partial charge in [-0.1, -0.05) is 0 Å². The molecule has 1 aliphatic rings. The fourth-order valence-electron chi connectivity index (χ4n) is 1.99. The lowest BCUT2D eigenvalue weighted by Crippen LogP contribution is -2.14. The molecule has 0 atom stereocenters. The predicted molar refractivity (Wildman–Crippen MR) is 75.7 cm³/mol. The van der Waals surface area contributed by atoms with E-state index >= 15 is 0 Å². The molecule has 2 heterocycles. The Morgan fingerprint density at radius 1 is 1.38 bits per heavy atom. The molecule has 0 saturated heterocycles. The van der Waals surface area contributed by atoms with Crippen molar-refractivity contribution < 1.29 is 19.0 Å². The normalized spacial score (nSPS) is 12.0. The third-order valence-electron chi connectivity index (χ3n) is 3.04. The molecule has 3 rings (SSSR count). The molecule has 1 amide bonds. The number of carbonyl (C=O) groups excluding carboxylic acids is 1. The van der Waals surface area contributed by atoms with Crippen LogP contribution in [0.2, 0.25) is 0 Å². The fourth-order valence-corrected chi connectivity index (χ4v) is 1.99. The van der Waals surface area contributed by atoms with Crippen molar-refractivity contribution in [2.75, 3.05) is 25.0 Å². The zero-order chi connectivity index (χ0) is 14.8. The van der Waals surface area contributed by atoms with Crippen LogP contribution in [0.1, 0.15) is 10.4 Å². The van der Waals surface area contributed by atoms with Crippen molar-refractivity contribution in [1.29, 1.82) is 0 Å². The number of anilines is 2. The molecule has 7 nitrogen and oxygen atoms in total. The number of methoxy groups -OCH3 is 1. The summed E-state index contributed by atoms with van der Waals surface area (Å²) in [6.45, 7) is 0.143. The van der Waals surface area contributed by atoms with Gasteiger partial charge in [-0.15, -0.1) is 0 Å². The summed E-state index contributed by atoms with van der Waals surface area (Å²) >= 11 is 0. The van der Waals surface area contributed by atoms with E-state index in [9.17, 15) is 4.79 Å². The van der Waals surface area contributed by atoms with Gasteiger partial charge in [0.05, 0.1) is 30.2 Å². The van der Waals surface area contributed by atoms with Crippen LogP contribution in [0.3, 0.4) is 0 Å². The molecule has 0 fully saturated rings. The summed E-state index contributed by atoms with van der Waals surface area (Å²) in [5.41, 5.74) is 7.10. The van der Waals surface area contributed by atoms with Gasteiger partial charge in [0.15, 0.2) is 11.5 Å². The second kappa shape index (κ2) is 5.20. The Morgan fingerprint density at radius 3 is 2.90 bits per heavy atom. The molecule has 0 spiro atoms. The number of rotatable bonds is 3. The summed E-state index contributed by atoms with van der Waals surface area (Å²) in [6, 6.07) is 4.81.